The summed E-state index contributed by atoms with van der Waals surface area (Å²) in [5.74, 6) is 1.01. The van der Waals surface area contributed by atoms with Gasteiger partial charge in [-0.2, -0.15) is 0 Å². The van der Waals surface area contributed by atoms with E-state index in [4.69, 9.17) is 11.6 Å². The molecular formula is C15H15Br2ClO. The van der Waals surface area contributed by atoms with Gasteiger partial charge in [-0.05, 0) is 43.4 Å². The molecule has 1 saturated carbocycles. The molecule has 4 heteroatoms. The number of halogens is 3. The highest BCUT2D eigenvalue weighted by molar-refractivity contribution is 9.12. The van der Waals surface area contributed by atoms with Gasteiger partial charge in [0.1, 0.15) is 5.75 Å². The maximum Gasteiger partial charge on any atom is 0.115 e. The van der Waals surface area contributed by atoms with E-state index in [0.29, 0.717) is 11.7 Å². The molecule has 3 rings (SSSR count). The monoisotopic (exact) mass is 404 g/mol. The van der Waals surface area contributed by atoms with Crippen molar-refractivity contribution in [1.82, 2.24) is 0 Å². The zero-order chi connectivity index (χ0) is 13.8. The molecule has 1 fully saturated rings. The van der Waals surface area contributed by atoms with E-state index in [1.807, 2.05) is 12.1 Å². The number of benzene rings is 1. The summed E-state index contributed by atoms with van der Waals surface area (Å²) >= 11 is 14.3. The van der Waals surface area contributed by atoms with Gasteiger partial charge in [0, 0.05) is 19.6 Å². The van der Waals surface area contributed by atoms with Crippen LogP contribution in [0.25, 0.3) is 0 Å². The van der Waals surface area contributed by atoms with Crippen molar-refractivity contribution in [1.29, 1.82) is 0 Å². The fraction of sp³-hybridized carbons (Fsp3) is 0.467. The molecule has 4 atom stereocenters. The Kier molecular flexibility index (Phi) is 3.31. The minimum atomic E-state index is -0.145. The molecule has 0 amide bonds. The van der Waals surface area contributed by atoms with Gasteiger partial charge >= 0.3 is 0 Å². The highest BCUT2D eigenvalue weighted by Crippen LogP contribution is 2.64. The molecule has 102 valence electrons. The van der Waals surface area contributed by atoms with E-state index in [1.54, 1.807) is 12.1 Å². The molecule has 1 aromatic carbocycles. The van der Waals surface area contributed by atoms with E-state index in [9.17, 15) is 5.11 Å². The molecule has 2 unspecified atom stereocenters. The average molecular weight is 407 g/mol. The maximum atomic E-state index is 9.44. The summed E-state index contributed by atoms with van der Waals surface area (Å²) in [6.45, 7) is 2.12. The second-order valence-electron chi connectivity index (χ2n) is 5.90. The first kappa shape index (κ1) is 14.0. The zero-order valence-electron chi connectivity index (χ0n) is 10.5. The van der Waals surface area contributed by atoms with Crippen LogP contribution in [0.15, 0.2) is 34.8 Å². The molecule has 19 heavy (non-hydrogen) atoms. The first-order valence-electron chi connectivity index (χ1n) is 6.36. The summed E-state index contributed by atoms with van der Waals surface area (Å²) in [7, 11) is 0. The number of fused-ring (bicyclic) bond motifs is 1. The second kappa shape index (κ2) is 4.51. The fourth-order valence-electron chi connectivity index (χ4n) is 3.53. The molecule has 0 heterocycles. The van der Waals surface area contributed by atoms with Gasteiger partial charge in [-0.25, -0.2) is 0 Å². The van der Waals surface area contributed by atoms with E-state index in [1.165, 1.54) is 10.0 Å². The van der Waals surface area contributed by atoms with Crippen molar-refractivity contribution in [2.75, 3.05) is 0 Å². The standard InChI is InChI=1S/C15H15Br2ClO/c1-14(18)7-10-6-12(16)13(15(10,17)8-14)9-2-4-11(19)5-3-9/h2-6,10,13,19H,7-8H2,1H3/t10-,13?,14-,15?/m1/s1. The smallest absolute Gasteiger partial charge is 0.115 e. The van der Waals surface area contributed by atoms with Gasteiger partial charge in [-0.15, -0.1) is 11.6 Å². The average Bonchev–Trinajstić information content (AvgIpc) is 2.64. The normalized spacial score (nSPS) is 41.2. The Bertz CT molecular complexity index is 538. The molecule has 0 aliphatic heterocycles. The fourth-order valence-corrected chi connectivity index (χ4v) is 6.80. The summed E-state index contributed by atoms with van der Waals surface area (Å²) in [5.41, 5.74) is 1.20. The van der Waals surface area contributed by atoms with Crippen LogP contribution in [0.3, 0.4) is 0 Å². The Hall–Kier alpha value is 0.01000. The van der Waals surface area contributed by atoms with E-state index in [0.717, 1.165) is 12.8 Å². The number of hydrogen-bond donors (Lipinski definition) is 1. The van der Waals surface area contributed by atoms with Gasteiger partial charge in [0.05, 0.1) is 0 Å². The third-order valence-corrected chi connectivity index (χ3v) is 6.58. The Morgan fingerprint density at radius 3 is 2.58 bits per heavy atom. The third kappa shape index (κ3) is 2.28. The lowest BCUT2D eigenvalue weighted by Crippen LogP contribution is -2.29. The Labute approximate surface area is 135 Å². The van der Waals surface area contributed by atoms with Crippen LogP contribution in [0.2, 0.25) is 0 Å². The van der Waals surface area contributed by atoms with Gasteiger partial charge in [-0.3, -0.25) is 0 Å². The molecule has 1 N–H and O–H groups in total. The van der Waals surface area contributed by atoms with Crippen LogP contribution in [0.4, 0.5) is 0 Å². The predicted octanol–water partition coefficient (Wildman–Crippen LogP) is 5.31. The topological polar surface area (TPSA) is 20.2 Å². The maximum absolute atomic E-state index is 9.44. The number of phenols is 1. The largest absolute Gasteiger partial charge is 0.508 e. The van der Waals surface area contributed by atoms with E-state index in [-0.39, 0.29) is 15.1 Å². The SMILES string of the molecule is C[C@@]1(Cl)C[C@H]2C=C(Br)C(c3ccc(O)cc3)C2(Br)C1. The first-order chi connectivity index (χ1) is 8.82. The van der Waals surface area contributed by atoms with E-state index in [2.05, 4.69) is 44.9 Å². The zero-order valence-corrected chi connectivity index (χ0v) is 14.5. The summed E-state index contributed by atoms with van der Waals surface area (Å²) in [6, 6.07) is 7.47. The number of alkyl halides is 2. The van der Waals surface area contributed by atoms with Crippen LogP contribution in [0.5, 0.6) is 5.75 Å². The van der Waals surface area contributed by atoms with Crippen molar-refractivity contribution in [3.63, 3.8) is 0 Å². The highest BCUT2D eigenvalue weighted by atomic mass is 79.9. The highest BCUT2D eigenvalue weighted by Gasteiger charge is 2.57. The molecule has 2 aliphatic carbocycles. The van der Waals surface area contributed by atoms with Crippen molar-refractivity contribution in [3.05, 3.63) is 40.4 Å². The molecule has 0 spiro atoms. The lowest BCUT2D eigenvalue weighted by Gasteiger charge is -2.32. The van der Waals surface area contributed by atoms with Gasteiger partial charge in [-0.1, -0.05) is 50.1 Å². The molecule has 1 nitrogen and oxygen atoms in total. The molecule has 2 aliphatic rings. The minimum Gasteiger partial charge on any atom is -0.508 e. The van der Waals surface area contributed by atoms with Gasteiger partial charge in [0.2, 0.25) is 0 Å². The van der Waals surface area contributed by atoms with Crippen LogP contribution in [-0.2, 0) is 0 Å². The summed E-state index contributed by atoms with van der Waals surface area (Å²) in [5, 5.41) is 9.44. The predicted molar refractivity (Wildman–Crippen MR) is 86.5 cm³/mol. The number of hydrogen-bond acceptors (Lipinski definition) is 1. The van der Waals surface area contributed by atoms with Gasteiger partial charge in [0.15, 0.2) is 0 Å². The van der Waals surface area contributed by atoms with Crippen molar-refractivity contribution in [2.45, 2.75) is 34.9 Å². The number of rotatable bonds is 1. The third-order valence-electron chi connectivity index (χ3n) is 4.24. The quantitative estimate of drug-likeness (QED) is 0.627. The van der Waals surface area contributed by atoms with Crippen LogP contribution in [0.1, 0.15) is 31.2 Å². The molecule has 0 radical (unpaired) electrons. The first-order valence-corrected chi connectivity index (χ1v) is 8.32. The lowest BCUT2D eigenvalue weighted by molar-refractivity contribution is 0.473. The molecule has 0 bridgehead atoms. The number of allylic oxidation sites excluding steroid dienone is 2. The van der Waals surface area contributed by atoms with Gasteiger partial charge < -0.3 is 5.11 Å². The van der Waals surface area contributed by atoms with Crippen molar-refractivity contribution in [2.24, 2.45) is 5.92 Å². The van der Waals surface area contributed by atoms with Gasteiger partial charge in [0.25, 0.3) is 0 Å². The second-order valence-corrected chi connectivity index (χ2v) is 9.21. The molecule has 1 aromatic rings. The molecular weight excluding hydrogens is 391 g/mol. The minimum absolute atomic E-state index is 0.0146. The number of aromatic hydroxyl groups is 1. The summed E-state index contributed by atoms with van der Waals surface area (Å²) < 4.78 is 1.20. The van der Waals surface area contributed by atoms with E-state index >= 15 is 0 Å². The van der Waals surface area contributed by atoms with Crippen LogP contribution < -0.4 is 0 Å². The van der Waals surface area contributed by atoms with Crippen molar-refractivity contribution < 1.29 is 5.11 Å². The summed E-state index contributed by atoms with van der Waals surface area (Å²) in [6.07, 6.45) is 4.22. The van der Waals surface area contributed by atoms with Crippen LogP contribution in [-0.4, -0.2) is 14.3 Å². The van der Waals surface area contributed by atoms with E-state index < -0.39 is 0 Å². The van der Waals surface area contributed by atoms with Crippen LogP contribution >= 0.6 is 43.5 Å². The van der Waals surface area contributed by atoms with Crippen molar-refractivity contribution in [3.8, 4) is 5.75 Å². The summed E-state index contributed by atoms with van der Waals surface area (Å²) in [4.78, 5) is -0.145. The lowest BCUT2D eigenvalue weighted by atomic mass is 9.85. The number of phenolic OH excluding ortho intramolecular Hbond substituents is 1. The van der Waals surface area contributed by atoms with Crippen molar-refractivity contribution >= 4 is 43.5 Å². The Balaban J connectivity index is 2.02. The van der Waals surface area contributed by atoms with Crippen LogP contribution in [0, 0.1) is 5.92 Å². The Morgan fingerprint density at radius 1 is 1.32 bits per heavy atom. The molecule has 0 aromatic heterocycles. The molecule has 0 saturated heterocycles. The Morgan fingerprint density at radius 2 is 1.95 bits per heavy atom.